The summed E-state index contributed by atoms with van der Waals surface area (Å²) in [5, 5.41) is 4.99. The highest BCUT2D eigenvalue weighted by molar-refractivity contribution is 5.99. The standard InChI is InChI=1S/C23H24F2N6O2.CO2/c1-3-19-14(2)22(31-8-10-33-11-9-31)30-21(28-19)15-4-7-20(26-13-15)29-23(32)27-16-5-6-17(24)18(25)12-16;2-1-3/h4-7,12-13H,3,8-11H2,1-2H3,(H2,26,27,29,32);. The van der Waals surface area contributed by atoms with Crippen molar-refractivity contribution in [2.24, 2.45) is 0 Å². The first-order chi connectivity index (χ1) is 17.4. The zero-order valence-electron chi connectivity index (χ0n) is 19.7. The van der Waals surface area contributed by atoms with Crippen LogP contribution in [0, 0.1) is 18.6 Å². The quantitative estimate of drug-likeness (QED) is 0.547. The summed E-state index contributed by atoms with van der Waals surface area (Å²) in [7, 11) is 0. The Labute approximate surface area is 205 Å². The summed E-state index contributed by atoms with van der Waals surface area (Å²) in [6.45, 7) is 6.95. The minimum absolute atomic E-state index is 0.124. The SMILES string of the molecule is CCc1nc(-c2ccc(NC(=O)Nc3ccc(F)c(F)c3)nc2)nc(N2CCOCC2)c1C.O=C=O. The average molecular weight is 498 g/mol. The molecule has 0 saturated carbocycles. The van der Waals surface area contributed by atoms with Gasteiger partial charge in [0, 0.05) is 47.9 Å². The maximum atomic E-state index is 13.3. The molecule has 10 nitrogen and oxygen atoms in total. The molecular weight excluding hydrogens is 474 g/mol. The Morgan fingerprint density at radius 3 is 2.42 bits per heavy atom. The number of amides is 2. The maximum Gasteiger partial charge on any atom is 0.373 e. The summed E-state index contributed by atoms with van der Waals surface area (Å²) < 4.78 is 31.8. The summed E-state index contributed by atoms with van der Waals surface area (Å²) in [6.07, 6.45) is 2.61. The Morgan fingerprint density at radius 2 is 1.81 bits per heavy atom. The van der Waals surface area contributed by atoms with Crippen LogP contribution in [0.15, 0.2) is 36.5 Å². The van der Waals surface area contributed by atoms with Gasteiger partial charge in [-0.1, -0.05) is 6.92 Å². The second-order valence-electron chi connectivity index (χ2n) is 7.62. The van der Waals surface area contributed by atoms with E-state index in [9.17, 15) is 13.6 Å². The maximum absolute atomic E-state index is 13.3. The van der Waals surface area contributed by atoms with Crippen LogP contribution in [0.3, 0.4) is 0 Å². The number of pyridine rings is 1. The van der Waals surface area contributed by atoms with Crippen molar-refractivity contribution in [3.8, 4) is 11.4 Å². The Bertz CT molecular complexity index is 1240. The van der Waals surface area contributed by atoms with E-state index >= 15 is 0 Å². The zero-order chi connectivity index (χ0) is 26.1. The Hall–Kier alpha value is -4.28. The smallest absolute Gasteiger partial charge is 0.373 e. The predicted octanol–water partition coefficient (Wildman–Crippen LogP) is 3.58. The van der Waals surface area contributed by atoms with Crippen molar-refractivity contribution in [1.29, 1.82) is 0 Å². The number of rotatable bonds is 5. The number of urea groups is 1. The fourth-order valence-electron chi connectivity index (χ4n) is 3.56. The lowest BCUT2D eigenvalue weighted by Crippen LogP contribution is -2.37. The number of morpholine rings is 1. The molecule has 2 aromatic heterocycles. The monoisotopic (exact) mass is 498 g/mol. The number of ether oxygens (including phenoxy) is 1. The predicted molar refractivity (Wildman–Crippen MR) is 126 cm³/mol. The van der Waals surface area contributed by atoms with E-state index < -0.39 is 17.7 Å². The van der Waals surface area contributed by atoms with E-state index in [-0.39, 0.29) is 17.7 Å². The summed E-state index contributed by atoms with van der Waals surface area (Å²) in [4.78, 5) is 44.4. The first-order valence-corrected chi connectivity index (χ1v) is 11.0. The molecule has 4 rings (SSSR count). The van der Waals surface area contributed by atoms with Gasteiger partial charge in [-0.2, -0.15) is 9.59 Å². The molecule has 0 spiro atoms. The third-order valence-corrected chi connectivity index (χ3v) is 5.31. The second-order valence-corrected chi connectivity index (χ2v) is 7.62. The lowest BCUT2D eigenvalue weighted by Gasteiger charge is -2.29. The highest BCUT2D eigenvalue weighted by atomic mass is 19.2. The van der Waals surface area contributed by atoms with Crippen molar-refractivity contribution in [2.45, 2.75) is 20.3 Å². The molecule has 1 saturated heterocycles. The van der Waals surface area contributed by atoms with E-state index in [2.05, 4.69) is 27.4 Å². The molecule has 1 aliphatic rings. The number of hydrogen-bond acceptors (Lipinski definition) is 8. The van der Waals surface area contributed by atoms with Crippen molar-refractivity contribution in [3.05, 3.63) is 59.4 Å². The average Bonchev–Trinajstić information content (AvgIpc) is 2.88. The molecule has 0 bridgehead atoms. The lowest BCUT2D eigenvalue weighted by molar-refractivity contribution is -0.191. The number of halogens is 2. The largest absolute Gasteiger partial charge is 0.378 e. The molecule has 12 heteroatoms. The molecule has 188 valence electrons. The van der Waals surface area contributed by atoms with E-state index in [4.69, 9.17) is 24.3 Å². The number of aryl methyl sites for hydroxylation is 1. The number of nitrogens with zero attached hydrogens (tertiary/aromatic N) is 4. The van der Waals surface area contributed by atoms with Crippen molar-refractivity contribution in [2.75, 3.05) is 41.8 Å². The van der Waals surface area contributed by atoms with E-state index in [1.54, 1.807) is 18.3 Å². The Morgan fingerprint density at radius 1 is 1.08 bits per heavy atom. The van der Waals surface area contributed by atoms with Gasteiger partial charge < -0.3 is 15.0 Å². The minimum atomic E-state index is -1.05. The molecule has 3 heterocycles. The van der Waals surface area contributed by atoms with Crippen LogP contribution in [0.4, 0.5) is 30.9 Å². The molecule has 2 amide bonds. The molecule has 3 aromatic rings. The van der Waals surface area contributed by atoms with Gasteiger partial charge in [0.1, 0.15) is 11.6 Å². The molecule has 0 radical (unpaired) electrons. The third kappa shape index (κ3) is 6.65. The number of aromatic nitrogens is 3. The van der Waals surface area contributed by atoms with E-state index in [1.165, 1.54) is 6.07 Å². The summed E-state index contributed by atoms with van der Waals surface area (Å²) >= 11 is 0. The molecule has 0 atom stereocenters. The van der Waals surface area contributed by atoms with Crippen molar-refractivity contribution in [1.82, 2.24) is 15.0 Å². The van der Waals surface area contributed by atoms with Crippen LogP contribution in [0.5, 0.6) is 0 Å². The van der Waals surface area contributed by atoms with E-state index in [1.807, 2.05) is 6.92 Å². The topological polar surface area (TPSA) is 126 Å². The van der Waals surface area contributed by atoms with Crippen molar-refractivity contribution >= 4 is 29.5 Å². The highest BCUT2D eigenvalue weighted by Crippen LogP contribution is 2.26. The number of benzene rings is 1. The normalized spacial score (nSPS) is 12.7. The van der Waals surface area contributed by atoms with Gasteiger partial charge in [-0.25, -0.2) is 28.5 Å². The zero-order valence-corrected chi connectivity index (χ0v) is 19.7. The Balaban J connectivity index is 0.00000115. The van der Waals surface area contributed by atoms with Gasteiger partial charge in [-0.15, -0.1) is 0 Å². The van der Waals surface area contributed by atoms with Crippen LogP contribution in [-0.4, -0.2) is 53.4 Å². The van der Waals surface area contributed by atoms with Gasteiger partial charge in [-0.3, -0.25) is 5.32 Å². The number of nitrogens with one attached hydrogen (secondary N) is 2. The molecule has 1 aromatic carbocycles. The summed E-state index contributed by atoms with van der Waals surface area (Å²) in [6, 6.07) is 5.88. The summed E-state index contributed by atoms with van der Waals surface area (Å²) in [5.74, 6) is -0.289. The number of anilines is 3. The highest BCUT2D eigenvalue weighted by Gasteiger charge is 2.19. The van der Waals surface area contributed by atoms with Crippen LogP contribution in [-0.2, 0) is 20.7 Å². The minimum Gasteiger partial charge on any atom is -0.378 e. The second kappa shape index (κ2) is 12.4. The number of carbonyl (C=O) groups is 1. The molecule has 0 aliphatic carbocycles. The van der Waals surface area contributed by atoms with Gasteiger partial charge >= 0.3 is 12.2 Å². The molecular formula is C24H24F2N6O4. The van der Waals surface area contributed by atoms with Crippen LogP contribution in [0.2, 0.25) is 0 Å². The molecule has 36 heavy (non-hydrogen) atoms. The Kier molecular flexibility index (Phi) is 9.09. The van der Waals surface area contributed by atoms with Crippen LogP contribution in [0.25, 0.3) is 11.4 Å². The van der Waals surface area contributed by atoms with Crippen molar-refractivity contribution < 1.29 is 27.9 Å². The van der Waals surface area contributed by atoms with Gasteiger partial charge in [-0.05, 0) is 37.6 Å². The first-order valence-electron chi connectivity index (χ1n) is 11.0. The fourth-order valence-corrected chi connectivity index (χ4v) is 3.56. The van der Waals surface area contributed by atoms with Crippen molar-refractivity contribution in [3.63, 3.8) is 0 Å². The van der Waals surface area contributed by atoms with Crippen LogP contribution in [0.1, 0.15) is 18.2 Å². The first kappa shape index (κ1) is 26.3. The number of carbonyl (C=O) groups excluding carboxylic acids is 3. The van der Waals surface area contributed by atoms with Gasteiger partial charge in [0.15, 0.2) is 17.5 Å². The third-order valence-electron chi connectivity index (χ3n) is 5.31. The molecule has 1 fully saturated rings. The van der Waals surface area contributed by atoms with Gasteiger partial charge in [0.05, 0.1) is 13.2 Å². The molecule has 2 N–H and O–H groups in total. The fraction of sp³-hybridized carbons (Fsp3) is 0.292. The summed E-state index contributed by atoms with van der Waals surface area (Å²) in [5.41, 5.74) is 2.86. The molecule has 0 unspecified atom stereocenters. The van der Waals surface area contributed by atoms with Gasteiger partial charge in [0.2, 0.25) is 0 Å². The van der Waals surface area contributed by atoms with E-state index in [0.717, 1.165) is 48.7 Å². The van der Waals surface area contributed by atoms with Crippen LogP contribution >= 0.6 is 0 Å². The lowest BCUT2D eigenvalue weighted by atomic mass is 10.1. The van der Waals surface area contributed by atoms with Gasteiger partial charge in [0.25, 0.3) is 0 Å². The number of hydrogen-bond donors (Lipinski definition) is 2. The molecule has 1 aliphatic heterocycles. The van der Waals surface area contributed by atoms with E-state index in [0.29, 0.717) is 24.6 Å². The van der Waals surface area contributed by atoms with Crippen LogP contribution < -0.4 is 15.5 Å².